The lowest BCUT2D eigenvalue weighted by Gasteiger charge is -2.00. The van der Waals surface area contributed by atoms with Crippen LogP contribution in [0.4, 0.5) is 0 Å². The van der Waals surface area contributed by atoms with E-state index in [1.54, 1.807) is 12.2 Å². The number of aliphatic hydroxyl groups is 2. The Morgan fingerprint density at radius 2 is 2.20 bits per heavy atom. The number of allylic oxidation sites excluding steroid dienone is 4. The largest absolute Gasteiger partial charge is 0.509 e. The molecular formula is C7H7BrO2. The SMILES string of the molecule is OC1=CC(Br)=CC=CC1O. The van der Waals surface area contributed by atoms with Crippen LogP contribution >= 0.6 is 15.9 Å². The maximum atomic E-state index is 9.02. The van der Waals surface area contributed by atoms with Crippen molar-refractivity contribution in [2.45, 2.75) is 6.10 Å². The Morgan fingerprint density at radius 1 is 1.50 bits per heavy atom. The molecule has 1 unspecified atom stereocenters. The van der Waals surface area contributed by atoms with E-state index in [1.807, 2.05) is 0 Å². The second kappa shape index (κ2) is 3.03. The number of hydrogen-bond donors (Lipinski definition) is 2. The minimum atomic E-state index is -0.869. The molecule has 1 rings (SSSR count). The fraction of sp³-hybridized carbons (Fsp3) is 0.143. The van der Waals surface area contributed by atoms with Gasteiger partial charge in [0.25, 0.3) is 0 Å². The van der Waals surface area contributed by atoms with Crippen LogP contribution in [0.25, 0.3) is 0 Å². The van der Waals surface area contributed by atoms with Gasteiger partial charge in [-0.15, -0.1) is 0 Å². The Morgan fingerprint density at radius 3 is 2.90 bits per heavy atom. The lowest BCUT2D eigenvalue weighted by Crippen LogP contribution is -2.04. The van der Waals surface area contributed by atoms with Gasteiger partial charge in [-0.3, -0.25) is 0 Å². The summed E-state index contributed by atoms with van der Waals surface area (Å²) in [6.07, 6.45) is 5.51. The average Bonchev–Trinajstić information content (AvgIpc) is 1.96. The molecule has 54 valence electrons. The Balaban J connectivity index is 2.90. The molecule has 0 aromatic rings. The van der Waals surface area contributed by atoms with Crippen LogP contribution in [0.2, 0.25) is 0 Å². The molecule has 0 aromatic carbocycles. The molecule has 0 amide bonds. The van der Waals surface area contributed by atoms with Gasteiger partial charge < -0.3 is 10.2 Å². The standard InChI is InChI=1S/C7H7BrO2/c8-5-2-1-3-6(9)7(10)4-5/h1-4,6,9-10H. The first-order chi connectivity index (χ1) is 4.70. The van der Waals surface area contributed by atoms with Gasteiger partial charge >= 0.3 is 0 Å². The second-order valence-corrected chi connectivity index (χ2v) is 2.87. The molecular weight excluding hydrogens is 196 g/mol. The van der Waals surface area contributed by atoms with Gasteiger partial charge in [-0.2, -0.15) is 0 Å². The van der Waals surface area contributed by atoms with Gasteiger partial charge in [0.2, 0.25) is 0 Å². The first-order valence-electron chi connectivity index (χ1n) is 2.83. The monoisotopic (exact) mass is 202 g/mol. The summed E-state index contributed by atoms with van der Waals surface area (Å²) in [5.41, 5.74) is 0. The molecule has 0 heterocycles. The molecule has 0 bridgehead atoms. The number of hydrogen-bond acceptors (Lipinski definition) is 2. The van der Waals surface area contributed by atoms with Gasteiger partial charge in [0.05, 0.1) is 0 Å². The highest BCUT2D eigenvalue weighted by Gasteiger charge is 2.06. The third kappa shape index (κ3) is 1.72. The van der Waals surface area contributed by atoms with Crippen molar-refractivity contribution in [3.63, 3.8) is 0 Å². The van der Waals surface area contributed by atoms with Crippen molar-refractivity contribution < 1.29 is 10.2 Å². The second-order valence-electron chi connectivity index (χ2n) is 1.95. The number of aliphatic hydroxyl groups excluding tert-OH is 2. The summed E-state index contributed by atoms with van der Waals surface area (Å²) in [6.45, 7) is 0. The summed E-state index contributed by atoms with van der Waals surface area (Å²) >= 11 is 3.17. The van der Waals surface area contributed by atoms with E-state index < -0.39 is 6.10 Å². The van der Waals surface area contributed by atoms with E-state index in [0.717, 1.165) is 4.48 Å². The molecule has 0 saturated heterocycles. The van der Waals surface area contributed by atoms with Gasteiger partial charge in [-0.1, -0.05) is 22.0 Å². The van der Waals surface area contributed by atoms with E-state index in [4.69, 9.17) is 10.2 Å². The van der Waals surface area contributed by atoms with Gasteiger partial charge in [0.1, 0.15) is 11.9 Å². The lowest BCUT2D eigenvalue weighted by atomic mass is 10.3. The smallest absolute Gasteiger partial charge is 0.129 e. The zero-order chi connectivity index (χ0) is 7.56. The molecule has 1 aliphatic carbocycles. The summed E-state index contributed by atoms with van der Waals surface area (Å²) in [4.78, 5) is 0. The van der Waals surface area contributed by atoms with Crippen molar-refractivity contribution in [1.29, 1.82) is 0 Å². The van der Waals surface area contributed by atoms with Crippen LogP contribution in [0.5, 0.6) is 0 Å². The highest BCUT2D eigenvalue weighted by molar-refractivity contribution is 9.11. The van der Waals surface area contributed by atoms with Crippen molar-refractivity contribution in [1.82, 2.24) is 0 Å². The highest BCUT2D eigenvalue weighted by Crippen LogP contribution is 2.14. The summed E-state index contributed by atoms with van der Waals surface area (Å²) in [7, 11) is 0. The molecule has 3 heteroatoms. The van der Waals surface area contributed by atoms with Crippen molar-refractivity contribution in [2.24, 2.45) is 0 Å². The first kappa shape index (κ1) is 7.57. The third-order valence-corrected chi connectivity index (χ3v) is 1.63. The van der Waals surface area contributed by atoms with E-state index >= 15 is 0 Å². The average molecular weight is 203 g/mol. The quantitative estimate of drug-likeness (QED) is 0.628. The molecule has 0 aromatic heterocycles. The van der Waals surface area contributed by atoms with Gasteiger partial charge in [-0.25, -0.2) is 0 Å². The minimum Gasteiger partial charge on any atom is -0.509 e. The zero-order valence-electron chi connectivity index (χ0n) is 5.16. The normalized spacial score (nSPS) is 25.2. The van der Waals surface area contributed by atoms with E-state index in [-0.39, 0.29) is 5.76 Å². The van der Waals surface area contributed by atoms with Crippen molar-refractivity contribution in [3.05, 3.63) is 34.5 Å². The van der Waals surface area contributed by atoms with Crippen LogP contribution < -0.4 is 0 Å². The van der Waals surface area contributed by atoms with Gasteiger partial charge in [-0.05, 0) is 18.2 Å². The molecule has 1 aliphatic rings. The van der Waals surface area contributed by atoms with Crippen LogP contribution in [0.3, 0.4) is 0 Å². The van der Waals surface area contributed by atoms with Crippen molar-refractivity contribution in [2.75, 3.05) is 0 Å². The molecule has 1 atom stereocenters. The molecule has 0 aliphatic heterocycles. The summed E-state index contributed by atoms with van der Waals surface area (Å²) in [5, 5.41) is 18.0. The molecule has 0 radical (unpaired) electrons. The Hall–Kier alpha value is -0.540. The predicted octanol–water partition coefficient (Wildman–Crippen LogP) is 1.64. The van der Waals surface area contributed by atoms with Crippen LogP contribution in [-0.4, -0.2) is 16.3 Å². The molecule has 2 nitrogen and oxygen atoms in total. The summed E-state index contributed by atoms with van der Waals surface area (Å²) in [6, 6.07) is 0. The number of rotatable bonds is 0. The van der Waals surface area contributed by atoms with E-state index in [1.165, 1.54) is 12.2 Å². The fourth-order valence-electron chi connectivity index (χ4n) is 0.626. The molecule has 0 saturated carbocycles. The Bertz CT molecular complexity index is 216. The fourth-order valence-corrected chi connectivity index (χ4v) is 1.01. The summed E-state index contributed by atoms with van der Waals surface area (Å²) < 4.78 is 0.748. The minimum absolute atomic E-state index is 0.0446. The van der Waals surface area contributed by atoms with Crippen molar-refractivity contribution >= 4 is 15.9 Å². The Kier molecular flexibility index (Phi) is 2.29. The number of halogens is 1. The predicted molar refractivity (Wildman–Crippen MR) is 42.9 cm³/mol. The van der Waals surface area contributed by atoms with Crippen LogP contribution in [-0.2, 0) is 0 Å². The van der Waals surface area contributed by atoms with E-state index in [2.05, 4.69) is 15.9 Å². The maximum Gasteiger partial charge on any atom is 0.129 e. The summed E-state index contributed by atoms with van der Waals surface area (Å²) in [5.74, 6) is -0.0446. The van der Waals surface area contributed by atoms with Crippen LogP contribution in [0.15, 0.2) is 34.5 Å². The van der Waals surface area contributed by atoms with E-state index in [0.29, 0.717) is 0 Å². The third-order valence-electron chi connectivity index (χ3n) is 1.14. The van der Waals surface area contributed by atoms with Crippen molar-refractivity contribution in [3.8, 4) is 0 Å². The van der Waals surface area contributed by atoms with Crippen LogP contribution in [0.1, 0.15) is 0 Å². The van der Waals surface area contributed by atoms with Gasteiger partial charge in [0, 0.05) is 4.48 Å². The van der Waals surface area contributed by atoms with E-state index in [9.17, 15) is 0 Å². The lowest BCUT2D eigenvalue weighted by molar-refractivity contribution is 0.193. The molecule has 0 spiro atoms. The molecule has 2 N–H and O–H groups in total. The van der Waals surface area contributed by atoms with Crippen LogP contribution in [0, 0.1) is 0 Å². The zero-order valence-corrected chi connectivity index (χ0v) is 6.75. The topological polar surface area (TPSA) is 40.5 Å². The highest BCUT2D eigenvalue weighted by atomic mass is 79.9. The Labute approximate surface area is 67.3 Å². The van der Waals surface area contributed by atoms with Gasteiger partial charge in [0.15, 0.2) is 0 Å². The molecule has 10 heavy (non-hydrogen) atoms. The maximum absolute atomic E-state index is 9.02. The molecule has 0 fully saturated rings. The first-order valence-corrected chi connectivity index (χ1v) is 3.62.